The Kier molecular flexibility index (Phi) is 7.45. The summed E-state index contributed by atoms with van der Waals surface area (Å²) in [5.74, 6) is -1.60. The number of H-pyrrole nitrogens is 1. The fourth-order valence-electron chi connectivity index (χ4n) is 4.42. The first-order chi connectivity index (χ1) is 17.0. The van der Waals surface area contributed by atoms with Gasteiger partial charge in [0.05, 0.1) is 12.7 Å². The number of nitrogens with zero attached hydrogens (tertiary/aromatic N) is 1. The van der Waals surface area contributed by atoms with Gasteiger partial charge in [-0.15, -0.1) is 0 Å². The van der Waals surface area contributed by atoms with Crippen LogP contribution in [0.4, 0.5) is 4.79 Å². The van der Waals surface area contributed by atoms with Crippen LogP contribution in [0.15, 0.2) is 61.1 Å². The molecule has 0 aliphatic heterocycles. The van der Waals surface area contributed by atoms with Gasteiger partial charge in [-0.1, -0.05) is 55.5 Å². The number of imidazole rings is 1. The molecule has 0 saturated carbocycles. The molecule has 4 rings (SSSR count). The first-order valence-electron chi connectivity index (χ1n) is 11.6. The average Bonchev–Trinajstić information content (AvgIpc) is 3.47. The standard InChI is InChI=1S/C26H28N4O5/c1-2-16(12-24(31)32)29-25(33)23(11-17-13-27-15-28-17)30-26(34)35-14-22-20-9-5-3-7-18(20)19-8-4-6-10-21(19)22/h3-10,13,15-16,22-23H,2,11-12,14H2,1H3,(H,27,28)(H,29,33)(H,30,34)(H,31,32)/t16-,23+/m0/s1. The van der Waals surface area contributed by atoms with Crippen LogP contribution in [0.25, 0.3) is 11.1 Å². The van der Waals surface area contributed by atoms with Gasteiger partial charge >= 0.3 is 12.1 Å². The molecule has 182 valence electrons. The van der Waals surface area contributed by atoms with Gasteiger partial charge in [-0.05, 0) is 28.7 Å². The third-order valence-corrected chi connectivity index (χ3v) is 6.19. The number of aromatic nitrogens is 2. The molecule has 9 heteroatoms. The van der Waals surface area contributed by atoms with Gasteiger partial charge in [-0.2, -0.15) is 0 Å². The van der Waals surface area contributed by atoms with Crippen molar-refractivity contribution in [1.82, 2.24) is 20.6 Å². The maximum atomic E-state index is 12.9. The topological polar surface area (TPSA) is 133 Å². The number of carbonyl (C=O) groups is 3. The van der Waals surface area contributed by atoms with Crippen molar-refractivity contribution in [2.45, 2.75) is 44.2 Å². The normalized spacial score (nSPS) is 13.9. The molecular formula is C26H28N4O5. The minimum absolute atomic E-state index is 0.104. The minimum Gasteiger partial charge on any atom is -0.481 e. The Morgan fingerprint density at radius 1 is 1.06 bits per heavy atom. The molecule has 2 atom stereocenters. The number of alkyl carbamates (subject to hydrolysis) is 1. The maximum Gasteiger partial charge on any atom is 0.407 e. The Bertz CT molecular complexity index is 1150. The fraction of sp³-hybridized carbons (Fsp3) is 0.308. The number of hydrogen-bond donors (Lipinski definition) is 4. The van der Waals surface area contributed by atoms with Crippen molar-refractivity contribution in [3.05, 3.63) is 77.9 Å². The number of aromatic amines is 1. The predicted molar refractivity (Wildman–Crippen MR) is 129 cm³/mol. The van der Waals surface area contributed by atoms with Gasteiger partial charge in [0, 0.05) is 30.3 Å². The number of fused-ring (bicyclic) bond motifs is 3. The summed E-state index contributed by atoms with van der Waals surface area (Å²) in [7, 11) is 0. The largest absolute Gasteiger partial charge is 0.481 e. The van der Waals surface area contributed by atoms with Crippen LogP contribution in [-0.2, 0) is 20.7 Å². The molecule has 0 fully saturated rings. The second-order valence-corrected chi connectivity index (χ2v) is 8.52. The zero-order valence-electron chi connectivity index (χ0n) is 19.4. The quantitative estimate of drug-likeness (QED) is 0.355. The number of hydrogen-bond acceptors (Lipinski definition) is 5. The number of carboxylic acid groups (broad SMARTS) is 1. The van der Waals surface area contributed by atoms with E-state index in [2.05, 4.69) is 32.7 Å². The van der Waals surface area contributed by atoms with E-state index >= 15 is 0 Å². The molecule has 3 aromatic rings. The molecule has 1 aliphatic rings. The molecule has 9 nitrogen and oxygen atoms in total. The van der Waals surface area contributed by atoms with Crippen molar-refractivity contribution in [3.63, 3.8) is 0 Å². The van der Waals surface area contributed by atoms with Gasteiger partial charge in [0.2, 0.25) is 5.91 Å². The molecule has 1 aliphatic carbocycles. The summed E-state index contributed by atoms with van der Waals surface area (Å²) in [6.45, 7) is 1.91. The van der Waals surface area contributed by atoms with E-state index in [1.54, 1.807) is 13.1 Å². The van der Waals surface area contributed by atoms with Crippen LogP contribution in [0.2, 0.25) is 0 Å². The molecule has 0 saturated heterocycles. The Balaban J connectivity index is 1.43. The third kappa shape index (κ3) is 5.68. The van der Waals surface area contributed by atoms with E-state index in [0.717, 1.165) is 22.3 Å². The molecule has 0 radical (unpaired) electrons. The maximum absolute atomic E-state index is 12.9. The summed E-state index contributed by atoms with van der Waals surface area (Å²) in [6.07, 6.45) is 2.71. The number of carbonyl (C=O) groups excluding carboxylic acids is 2. The Morgan fingerprint density at radius 3 is 2.29 bits per heavy atom. The van der Waals surface area contributed by atoms with Crippen molar-refractivity contribution in [2.24, 2.45) is 0 Å². The summed E-state index contributed by atoms with van der Waals surface area (Å²) >= 11 is 0. The van der Waals surface area contributed by atoms with Crippen molar-refractivity contribution >= 4 is 18.0 Å². The van der Waals surface area contributed by atoms with Crippen LogP contribution >= 0.6 is 0 Å². The molecule has 2 aromatic carbocycles. The van der Waals surface area contributed by atoms with E-state index in [0.29, 0.717) is 12.1 Å². The summed E-state index contributed by atoms with van der Waals surface area (Å²) in [5, 5.41) is 14.4. The van der Waals surface area contributed by atoms with Crippen LogP contribution in [0.1, 0.15) is 42.5 Å². The monoisotopic (exact) mass is 476 g/mol. The first-order valence-corrected chi connectivity index (χ1v) is 11.6. The molecule has 1 aromatic heterocycles. The lowest BCUT2D eigenvalue weighted by Gasteiger charge is -2.22. The van der Waals surface area contributed by atoms with Crippen molar-refractivity contribution in [2.75, 3.05) is 6.61 Å². The van der Waals surface area contributed by atoms with Crippen molar-refractivity contribution in [3.8, 4) is 11.1 Å². The summed E-state index contributed by atoms with van der Waals surface area (Å²) in [5.41, 5.74) is 5.08. The predicted octanol–water partition coefficient (Wildman–Crippen LogP) is 3.23. The highest BCUT2D eigenvalue weighted by atomic mass is 16.5. The highest BCUT2D eigenvalue weighted by Gasteiger charge is 2.30. The van der Waals surface area contributed by atoms with E-state index in [-0.39, 0.29) is 25.4 Å². The van der Waals surface area contributed by atoms with Crippen LogP contribution in [0, 0.1) is 0 Å². The van der Waals surface area contributed by atoms with E-state index in [1.165, 1.54) is 6.33 Å². The van der Waals surface area contributed by atoms with Gasteiger partial charge in [-0.25, -0.2) is 9.78 Å². The molecule has 35 heavy (non-hydrogen) atoms. The summed E-state index contributed by atoms with van der Waals surface area (Å²) < 4.78 is 5.59. The molecule has 1 heterocycles. The fourth-order valence-corrected chi connectivity index (χ4v) is 4.42. The Morgan fingerprint density at radius 2 is 1.71 bits per heavy atom. The number of rotatable bonds is 10. The number of aliphatic carboxylic acids is 1. The second-order valence-electron chi connectivity index (χ2n) is 8.52. The highest BCUT2D eigenvalue weighted by Crippen LogP contribution is 2.44. The first kappa shape index (κ1) is 24.0. The lowest BCUT2D eigenvalue weighted by atomic mass is 9.98. The molecule has 0 unspecified atom stereocenters. The lowest BCUT2D eigenvalue weighted by molar-refractivity contribution is -0.137. The van der Waals surface area contributed by atoms with Crippen molar-refractivity contribution < 1.29 is 24.2 Å². The number of carboxylic acids is 1. The zero-order chi connectivity index (χ0) is 24.8. The molecule has 2 amide bonds. The van der Waals surface area contributed by atoms with Gasteiger partial charge < -0.3 is 25.5 Å². The second kappa shape index (κ2) is 10.9. The molecule has 0 spiro atoms. The molecular weight excluding hydrogens is 448 g/mol. The minimum atomic E-state index is -1.01. The van der Waals surface area contributed by atoms with E-state index in [1.807, 2.05) is 36.4 Å². The van der Waals surface area contributed by atoms with Gasteiger partial charge in [0.25, 0.3) is 0 Å². The molecule has 4 N–H and O–H groups in total. The van der Waals surface area contributed by atoms with Gasteiger partial charge in [0.15, 0.2) is 0 Å². The number of amides is 2. The van der Waals surface area contributed by atoms with Crippen LogP contribution in [0.5, 0.6) is 0 Å². The van der Waals surface area contributed by atoms with E-state index in [4.69, 9.17) is 9.84 Å². The summed E-state index contributed by atoms with van der Waals surface area (Å²) in [6, 6.07) is 14.6. The van der Waals surface area contributed by atoms with Crippen molar-refractivity contribution in [1.29, 1.82) is 0 Å². The van der Waals surface area contributed by atoms with Crippen LogP contribution in [-0.4, -0.2) is 51.7 Å². The van der Waals surface area contributed by atoms with Crippen LogP contribution in [0.3, 0.4) is 0 Å². The van der Waals surface area contributed by atoms with Gasteiger partial charge in [0.1, 0.15) is 12.6 Å². The number of ether oxygens (including phenoxy) is 1. The average molecular weight is 477 g/mol. The Hall–Kier alpha value is -4.14. The third-order valence-electron chi connectivity index (χ3n) is 6.19. The SMILES string of the molecule is CC[C@@H](CC(=O)O)NC(=O)[C@@H](Cc1cnc[nH]1)NC(=O)OCC1c2ccccc2-c2ccccc21. The highest BCUT2D eigenvalue weighted by molar-refractivity contribution is 5.86. The number of nitrogens with one attached hydrogen (secondary N) is 3. The smallest absolute Gasteiger partial charge is 0.407 e. The van der Waals surface area contributed by atoms with Gasteiger partial charge in [-0.3, -0.25) is 9.59 Å². The molecule has 0 bridgehead atoms. The van der Waals surface area contributed by atoms with E-state index in [9.17, 15) is 14.4 Å². The zero-order valence-corrected chi connectivity index (χ0v) is 19.4. The van der Waals surface area contributed by atoms with Crippen LogP contribution < -0.4 is 10.6 Å². The number of benzene rings is 2. The lowest BCUT2D eigenvalue weighted by Crippen LogP contribution is -2.51. The van der Waals surface area contributed by atoms with E-state index < -0.39 is 30.1 Å². The summed E-state index contributed by atoms with van der Waals surface area (Å²) in [4.78, 5) is 43.7. The Labute approximate surface area is 202 Å².